The van der Waals surface area contributed by atoms with Crippen molar-refractivity contribution >= 4 is 16.0 Å². The smallest absolute Gasteiger partial charge is 0.254 e. The Hall–Kier alpha value is -2.10. The molecule has 0 unspecified atom stereocenters. The number of anilines is 1. The first-order valence-corrected chi connectivity index (χ1v) is 12.4. The van der Waals surface area contributed by atoms with Crippen LogP contribution in [-0.2, 0) is 10.0 Å². The van der Waals surface area contributed by atoms with Crippen molar-refractivity contribution in [3.63, 3.8) is 0 Å². The van der Waals surface area contributed by atoms with Gasteiger partial charge in [0.15, 0.2) is 0 Å². The summed E-state index contributed by atoms with van der Waals surface area (Å²) in [6, 6.07) is 1.79. The first-order valence-electron chi connectivity index (χ1n) is 10.8. The monoisotopic (exact) mass is 471 g/mol. The fourth-order valence-corrected chi connectivity index (χ4v) is 6.16. The minimum absolute atomic E-state index is 0.0254. The summed E-state index contributed by atoms with van der Waals surface area (Å²) in [6.07, 6.45) is 1.70. The highest BCUT2D eigenvalue weighted by Gasteiger charge is 2.54. The molecule has 1 aliphatic heterocycles. The van der Waals surface area contributed by atoms with Crippen LogP contribution in [0.2, 0.25) is 0 Å². The molecule has 1 aromatic heterocycles. The van der Waals surface area contributed by atoms with Crippen molar-refractivity contribution in [2.75, 3.05) is 24.2 Å². The Bertz CT molecular complexity index is 1000. The van der Waals surface area contributed by atoms with E-state index >= 15 is 0 Å². The molecular formula is C20H27F2N5O4S. The van der Waals surface area contributed by atoms with Gasteiger partial charge in [-0.3, -0.25) is 0 Å². The van der Waals surface area contributed by atoms with E-state index in [1.165, 1.54) is 17.4 Å². The Morgan fingerprint density at radius 2 is 2.03 bits per heavy atom. The number of piperidine rings is 1. The Kier molecular flexibility index (Phi) is 6.02. The van der Waals surface area contributed by atoms with Crippen molar-refractivity contribution in [1.82, 2.24) is 14.3 Å². The van der Waals surface area contributed by atoms with E-state index in [0.29, 0.717) is 31.8 Å². The number of aliphatic hydroxyl groups is 1. The zero-order chi connectivity index (χ0) is 23.1. The van der Waals surface area contributed by atoms with Crippen LogP contribution < -0.4 is 10.1 Å². The lowest BCUT2D eigenvalue weighted by Crippen LogP contribution is -2.43. The minimum atomic E-state index is -3.23. The average Bonchev–Trinajstić information content (AvgIpc) is 3.46. The van der Waals surface area contributed by atoms with E-state index in [1.54, 1.807) is 0 Å². The van der Waals surface area contributed by atoms with E-state index in [9.17, 15) is 27.6 Å². The minimum Gasteiger partial charge on any atom is -0.470 e. The highest BCUT2D eigenvalue weighted by molar-refractivity contribution is 7.89. The average molecular weight is 472 g/mol. The predicted octanol–water partition coefficient (Wildman–Crippen LogP) is 1.89. The zero-order valence-electron chi connectivity index (χ0n) is 17.8. The van der Waals surface area contributed by atoms with E-state index < -0.39 is 40.5 Å². The molecule has 2 N–H and O–H groups in total. The molecular weight excluding hydrogens is 444 g/mol. The van der Waals surface area contributed by atoms with Crippen LogP contribution in [0.15, 0.2) is 6.20 Å². The molecule has 1 saturated heterocycles. The van der Waals surface area contributed by atoms with Gasteiger partial charge in [-0.25, -0.2) is 26.5 Å². The molecule has 12 heteroatoms. The second-order valence-electron chi connectivity index (χ2n) is 9.26. The maximum Gasteiger partial charge on any atom is 0.254 e. The molecule has 4 rings (SSSR count). The standard InChI is InChI=1S/C20H27F2N5O4S/c1-19(28)12-20(21,22)8-16(19)31-17-14(9-23)10-24-18(26-17)25-15-4-6-27(7-5-15)32(29,30)11-13-2-3-13/h10,13,15-16,28H,2-8,11-12H2,1H3,(H,24,25,26)/t16-,19+/m0/s1. The summed E-state index contributed by atoms with van der Waals surface area (Å²) < 4.78 is 59.5. The molecule has 0 aromatic carbocycles. The molecule has 32 heavy (non-hydrogen) atoms. The van der Waals surface area contributed by atoms with Crippen LogP contribution in [0.5, 0.6) is 5.88 Å². The molecule has 2 aliphatic carbocycles. The second-order valence-corrected chi connectivity index (χ2v) is 11.3. The Morgan fingerprint density at radius 3 is 2.59 bits per heavy atom. The van der Waals surface area contributed by atoms with Gasteiger partial charge < -0.3 is 15.2 Å². The highest BCUT2D eigenvalue weighted by atomic mass is 32.2. The number of alkyl halides is 2. The molecule has 2 heterocycles. The molecule has 3 aliphatic rings. The third-order valence-electron chi connectivity index (χ3n) is 6.25. The zero-order valence-corrected chi connectivity index (χ0v) is 18.6. The molecule has 0 radical (unpaired) electrons. The number of nitrogens with one attached hydrogen (secondary N) is 1. The van der Waals surface area contributed by atoms with Gasteiger partial charge >= 0.3 is 0 Å². The largest absolute Gasteiger partial charge is 0.470 e. The second kappa shape index (κ2) is 8.35. The summed E-state index contributed by atoms with van der Waals surface area (Å²) in [5.41, 5.74) is -1.78. The Labute approximate surface area is 185 Å². The van der Waals surface area contributed by atoms with Crippen molar-refractivity contribution in [2.24, 2.45) is 5.92 Å². The fourth-order valence-electron chi connectivity index (χ4n) is 4.26. The van der Waals surface area contributed by atoms with Gasteiger partial charge in [-0.1, -0.05) is 0 Å². The summed E-state index contributed by atoms with van der Waals surface area (Å²) in [7, 11) is -3.23. The van der Waals surface area contributed by atoms with Crippen LogP contribution in [-0.4, -0.2) is 70.3 Å². The quantitative estimate of drug-likeness (QED) is 0.617. The molecule has 3 fully saturated rings. The van der Waals surface area contributed by atoms with Crippen molar-refractivity contribution in [1.29, 1.82) is 5.26 Å². The van der Waals surface area contributed by atoms with Gasteiger partial charge in [0, 0.05) is 25.6 Å². The van der Waals surface area contributed by atoms with Gasteiger partial charge in [0.25, 0.3) is 5.92 Å². The summed E-state index contributed by atoms with van der Waals surface area (Å²) in [5, 5.41) is 22.7. The summed E-state index contributed by atoms with van der Waals surface area (Å²) in [6.45, 7) is 2.06. The number of rotatable bonds is 7. The van der Waals surface area contributed by atoms with Crippen molar-refractivity contribution < 1.29 is 27.0 Å². The molecule has 0 amide bonds. The third-order valence-corrected chi connectivity index (χ3v) is 8.29. The number of nitrogens with zero attached hydrogens (tertiary/aromatic N) is 4. The number of sulfonamides is 1. The van der Waals surface area contributed by atoms with Crippen molar-refractivity contribution in [2.45, 2.75) is 69.1 Å². The summed E-state index contributed by atoms with van der Waals surface area (Å²) >= 11 is 0. The predicted molar refractivity (Wildman–Crippen MR) is 111 cm³/mol. The molecule has 2 saturated carbocycles. The van der Waals surface area contributed by atoms with Crippen LogP contribution >= 0.6 is 0 Å². The molecule has 176 valence electrons. The molecule has 0 spiro atoms. The third kappa shape index (κ3) is 5.27. The number of ether oxygens (including phenoxy) is 1. The Balaban J connectivity index is 1.39. The normalized spacial score (nSPS) is 28.9. The molecule has 0 bridgehead atoms. The van der Waals surface area contributed by atoms with Gasteiger partial charge in [0.2, 0.25) is 21.9 Å². The van der Waals surface area contributed by atoms with Crippen LogP contribution in [0.1, 0.15) is 51.0 Å². The first kappa shape index (κ1) is 23.1. The van der Waals surface area contributed by atoms with E-state index in [-0.39, 0.29) is 29.2 Å². The lowest BCUT2D eigenvalue weighted by molar-refractivity contribution is -0.0406. The topological polar surface area (TPSA) is 128 Å². The number of hydrogen-bond donors (Lipinski definition) is 2. The number of halogens is 2. The fraction of sp³-hybridized carbons (Fsp3) is 0.750. The number of aromatic nitrogens is 2. The lowest BCUT2D eigenvalue weighted by Gasteiger charge is -2.31. The lowest BCUT2D eigenvalue weighted by atomic mass is 10.0. The van der Waals surface area contributed by atoms with Gasteiger partial charge in [0.1, 0.15) is 23.3 Å². The summed E-state index contributed by atoms with van der Waals surface area (Å²) in [4.78, 5) is 8.27. The SMILES string of the molecule is C[C@@]1(O)CC(F)(F)C[C@@H]1Oc1nc(NC2CCN(S(=O)(=O)CC3CC3)CC2)ncc1C#N. The maximum atomic E-state index is 13.8. The highest BCUT2D eigenvalue weighted by Crippen LogP contribution is 2.43. The van der Waals surface area contributed by atoms with Gasteiger partial charge in [-0.05, 0) is 38.5 Å². The van der Waals surface area contributed by atoms with E-state index in [1.807, 2.05) is 6.07 Å². The van der Waals surface area contributed by atoms with E-state index in [2.05, 4.69) is 15.3 Å². The molecule has 1 aromatic rings. The van der Waals surface area contributed by atoms with Gasteiger partial charge in [-0.15, -0.1) is 0 Å². The molecule has 2 atom stereocenters. The van der Waals surface area contributed by atoms with Crippen LogP contribution in [0.3, 0.4) is 0 Å². The summed E-state index contributed by atoms with van der Waals surface area (Å²) in [5.74, 6) is -2.57. The molecule has 9 nitrogen and oxygen atoms in total. The Morgan fingerprint density at radius 1 is 1.34 bits per heavy atom. The van der Waals surface area contributed by atoms with Gasteiger partial charge in [0.05, 0.1) is 18.4 Å². The van der Waals surface area contributed by atoms with E-state index in [4.69, 9.17) is 4.74 Å². The van der Waals surface area contributed by atoms with Crippen LogP contribution in [0, 0.1) is 17.2 Å². The van der Waals surface area contributed by atoms with Crippen molar-refractivity contribution in [3.05, 3.63) is 11.8 Å². The van der Waals surface area contributed by atoms with Gasteiger partial charge in [-0.2, -0.15) is 10.2 Å². The van der Waals surface area contributed by atoms with Crippen molar-refractivity contribution in [3.8, 4) is 11.9 Å². The van der Waals surface area contributed by atoms with Crippen LogP contribution in [0.25, 0.3) is 0 Å². The maximum absolute atomic E-state index is 13.8. The first-order chi connectivity index (χ1) is 15.0. The van der Waals surface area contributed by atoms with E-state index in [0.717, 1.165) is 12.8 Å². The number of hydrogen-bond acceptors (Lipinski definition) is 8. The van der Waals surface area contributed by atoms with Crippen LogP contribution in [0.4, 0.5) is 14.7 Å². The number of nitriles is 1.